The predicted molar refractivity (Wildman–Crippen MR) is 170 cm³/mol. The summed E-state index contributed by atoms with van der Waals surface area (Å²) in [5, 5.41) is 17.0. The van der Waals surface area contributed by atoms with Crippen LogP contribution in [0.5, 0.6) is 0 Å². The van der Waals surface area contributed by atoms with Crippen molar-refractivity contribution in [2.45, 2.75) is 49.0 Å². The highest BCUT2D eigenvalue weighted by Gasteiger charge is 2.29. The molecule has 220 valence electrons. The van der Waals surface area contributed by atoms with Gasteiger partial charge in [-0.15, -0.1) is 11.3 Å². The van der Waals surface area contributed by atoms with Gasteiger partial charge in [-0.1, -0.05) is 78.9 Å². The molecular formula is C34H32FN3O3S2. The molecule has 43 heavy (non-hydrogen) atoms. The number of hydrogen-bond donors (Lipinski definition) is 3. The van der Waals surface area contributed by atoms with Crippen molar-refractivity contribution in [1.82, 2.24) is 10.3 Å². The van der Waals surface area contributed by atoms with Crippen LogP contribution in [0.3, 0.4) is 0 Å². The second-order valence-electron chi connectivity index (χ2n) is 10.8. The van der Waals surface area contributed by atoms with Gasteiger partial charge in [0.15, 0.2) is 0 Å². The van der Waals surface area contributed by atoms with E-state index in [4.69, 9.17) is 0 Å². The number of nitrogens with zero attached hydrogens (tertiary/aromatic N) is 1. The number of aromatic nitrogens is 1. The fraction of sp³-hybridized carbons (Fsp3) is 0.206. The van der Waals surface area contributed by atoms with Gasteiger partial charge in [0.2, 0.25) is 0 Å². The Balaban J connectivity index is 1.05. The zero-order valence-electron chi connectivity index (χ0n) is 23.4. The number of rotatable bonds is 10. The number of sulfonamides is 1. The number of halogens is 1. The van der Waals surface area contributed by atoms with Crippen molar-refractivity contribution in [3.63, 3.8) is 0 Å². The van der Waals surface area contributed by atoms with Crippen molar-refractivity contribution in [2.24, 2.45) is 0 Å². The summed E-state index contributed by atoms with van der Waals surface area (Å²) in [6.45, 7) is -0.501. The predicted octanol–water partition coefficient (Wildman–Crippen LogP) is 7.14. The quantitative estimate of drug-likeness (QED) is 0.156. The fourth-order valence-corrected chi connectivity index (χ4v) is 7.32. The number of aliphatic hydroxyl groups excluding tert-OH is 1. The van der Waals surface area contributed by atoms with Crippen molar-refractivity contribution in [1.29, 1.82) is 0 Å². The van der Waals surface area contributed by atoms with Crippen LogP contribution in [0.1, 0.15) is 35.6 Å². The number of aliphatic hydroxyl groups is 1. The SMILES string of the molecule is O=S(=O)(Nc1ccc(C[C@@H]2CC[C@H]([C@H](O)c3ccccc3)N2)cc1)c1ccc(-c2nc(-c3ccc(CF)cc3)cs2)cc1. The highest BCUT2D eigenvalue weighted by molar-refractivity contribution is 7.92. The maximum atomic E-state index is 13.1. The first kappa shape index (κ1) is 29.2. The Bertz CT molecular complexity index is 1760. The first-order chi connectivity index (χ1) is 20.9. The maximum absolute atomic E-state index is 13.1. The molecule has 4 aromatic carbocycles. The Morgan fingerprint density at radius 3 is 2.26 bits per heavy atom. The van der Waals surface area contributed by atoms with Crippen molar-refractivity contribution < 1.29 is 17.9 Å². The molecule has 2 heterocycles. The van der Waals surface area contributed by atoms with E-state index in [0.29, 0.717) is 11.3 Å². The Kier molecular flexibility index (Phi) is 8.67. The molecule has 5 aromatic rings. The molecule has 0 unspecified atom stereocenters. The minimum atomic E-state index is -3.77. The van der Waals surface area contributed by atoms with E-state index in [1.807, 2.05) is 60.0 Å². The average Bonchev–Trinajstić information content (AvgIpc) is 3.73. The fourth-order valence-electron chi connectivity index (χ4n) is 5.43. The van der Waals surface area contributed by atoms with Gasteiger partial charge >= 0.3 is 0 Å². The van der Waals surface area contributed by atoms with Crippen LogP contribution in [0.4, 0.5) is 10.1 Å². The first-order valence-electron chi connectivity index (χ1n) is 14.2. The summed E-state index contributed by atoms with van der Waals surface area (Å²) in [5.41, 5.74) is 5.64. The van der Waals surface area contributed by atoms with E-state index in [1.54, 1.807) is 48.5 Å². The third-order valence-electron chi connectivity index (χ3n) is 7.81. The zero-order chi connectivity index (χ0) is 29.8. The largest absolute Gasteiger partial charge is 0.387 e. The summed E-state index contributed by atoms with van der Waals surface area (Å²) in [6.07, 6.45) is 2.13. The van der Waals surface area contributed by atoms with E-state index in [9.17, 15) is 17.9 Å². The van der Waals surface area contributed by atoms with Crippen LogP contribution in [0, 0.1) is 0 Å². The van der Waals surface area contributed by atoms with Gasteiger partial charge < -0.3 is 10.4 Å². The van der Waals surface area contributed by atoms with E-state index < -0.39 is 22.8 Å². The van der Waals surface area contributed by atoms with Crippen LogP contribution in [0.25, 0.3) is 21.8 Å². The molecular weight excluding hydrogens is 582 g/mol. The molecule has 1 aromatic heterocycles. The molecule has 3 N–H and O–H groups in total. The first-order valence-corrected chi connectivity index (χ1v) is 16.6. The third-order valence-corrected chi connectivity index (χ3v) is 10.1. The molecule has 3 atom stereocenters. The molecule has 0 aliphatic carbocycles. The number of anilines is 1. The van der Waals surface area contributed by atoms with Crippen LogP contribution in [0.15, 0.2) is 113 Å². The molecule has 0 spiro atoms. The molecule has 0 bridgehead atoms. The Hall–Kier alpha value is -3.89. The normalized spacial score (nSPS) is 17.5. The summed E-state index contributed by atoms with van der Waals surface area (Å²) >= 11 is 1.47. The lowest BCUT2D eigenvalue weighted by molar-refractivity contribution is 0.135. The van der Waals surface area contributed by atoms with Crippen molar-refractivity contribution >= 4 is 27.0 Å². The maximum Gasteiger partial charge on any atom is 0.261 e. The second-order valence-corrected chi connectivity index (χ2v) is 13.3. The number of alkyl halides is 1. The van der Waals surface area contributed by atoms with Gasteiger partial charge in [-0.25, -0.2) is 17.8 Å². The van der Waals surface area contributed by atoms with E-state index in [1.165, 1.54) is 11.3 Å². The second kappa shape index (κ2) is 12.8. The van der Waals surface area contributed by atoms with Crippen LogP contribution in [0.2, 0.25) is 0 Å². The minimum absolute atomic E-state index is 0.0169. The number of thiazole rings is 1. The molecule has 0 saturated carbocycles. The van der Waals surface area contributed by atoms with Gasteiger partial charge in [0, 0.05) is 34.3 Å². The van der Waals surface area contributed by atoms with Gasteiger partial charge in [-0.05, 0) is 60.2 Å². The molecule has 9 heteroatoms. The highest BCUT2D eigenvalue weighted by Crippen LogP contribution is 2.31. The summed E-state index contributed by atoms with van der Waals surface area (Å²) in [4.78, 5) is 4.84. The Labute approximate surface area is 255 Å². The summed E-state index contributed by atoms with van der Waals surface area (Å²) < 4.78 is 41.7. The smallest absolute Gasteiger partial charge is 0.261 e. The molecule has 0 amide bonds. The highest BCUT2D eigenvalue weighted by atomic mass is 32.2. The van der Waals surface area contributed by atoms with E-state index >= 15 is 0 Å². The third kappa shape index (κ3) is 6.86. The molecule has 1 fully saturated rings. The number of hydrogen-bond acceptors (Lipinski definition) is 6. The van der Waals surface area contributed by atoms with Crippen LogP contribution >= 0.6 is 11.3 Å². The molecule has 6 nitrogen and oxygen atoms in total. The number of benzene rings is 4. The van der Waals surface area contributed by atoms with Crippen molar-refractivity contribution in [3.05, 3.63) is 125 Å². The Morgan fingerprint density at radius 2 is 1.56 bits per heavy atom. The summed E-state index contributed by atoms with van der Waals surface area (Å²) in [7, 11) is -3.77. The Morgan fingerprint density at radius 1 is 0.884 bits per heavy atom. The summed E-state index contributed by atoms with van der Waals surface area (Å²) in [5.74, 6) is 0. The van der Waals surface area contributed by atoms with Crippen molar-refractivity contribution in [2.75, 3.05) is 4.72 Å². The van der Waals surface area contributed by atoms with E-state index in [0.717, 1.165) is 52.2 Å². The van der Waals surface area contributed by atoms with Crippen LogP contribution < -0.4 is 10.0 Å². The van der Waals surface area contributed by atoms with E-state index in [2.05, 4.69) is 15.0 Å². The minimum Gasteiger partial charge on any atom is -0.387 e. The van der Waals surface area contributed by atoms with Crippen molar-refractivity contribution in [3.8, 4) is 21.8 Å². The van der Waals surface area contributed by atoms with Crippen LogP contribution in [-0.4, -0.2) is 30.6 Å². The zero-order valence-corrected chi connectivity index (χ0v) is 25.0. The monoisotopic (exact) mass is 613 g/mol. The average molecular weight is 614 g/mol. The molecule has 0 radical (unpaired) electrons. The topological polar surface area (TPSA) is 91.3 Å². The lowest BCUT2D eigenvalue weighted by Gasteiger charge is -2.20. The van der Waals surface area contributed by atoms with Crippen LogP contribution in [-0.2, 0) is 23.1 Å². The van der Waals surface area contributed by atoms with Gasteiger partial charge in [0.25, 0.3) is 10.0 Å². The summed E-state index contributed by atoms with van der Waals surface area (Å²) in [6, 6.07) is 31.3. The van der Waals surface area contributed by atoms with Gasteiger partial charge in [0.1, 0.15) is 11.7 Å². The van der Waals surface area contributed by atoms with Gasteiger partial charge in [0.05, 0.1) is 16.7 Å². The lowest BCUT2D eigenvalue weighted by atomic mass is 10.0. The van der Waals surface area contributed by atoms with Gasteiger partial charge in [-0.2, -0.15) is 0 Å². The molecule has 1 aliphatic heterocycles. The molecule has 1 saturated heterocycles. The number of nitrogens with one attached hydrogen (secondary N) is 2. The van der Waals surface area contributed by atoms with E-state index in [-0.39, 0.29) is 17.0 Å². The molecule has 1 aliphatic rings. The lowest BCUT2D eigenvalue weighted by Crippen LogP contribution is -2.35. The standard InChI is InChI=1S/C34H32FN3O3S2/c35-21-24-6-10-25(11-7-24)32-22-42-34(37-32)27-12-17-30(18-13-27)43(40,41)38-28-14-8-23(9-15-28)20-29-16-19-31(36-29)33(39)26-4-2-1-3-5-26/h1-15,17-18,22,29,31,33,36,38-39H,16,19-21H2/t29-,31+,33+/m0/s1. The van der Waals surface area contributed by atoms with Gasteiger partial charge in [-0.3, -0.25) is 4.72 Å². The molecule has 6 rings (SSSR count).